The van der Waals surface area contributed by atoms with Gasteiger partial charge < -0.3 is 14.2 Å². The van der Waals surface area contributed by atoms with Gasteiger partial charge in [0.2, 0.25) is 5.91 Å². The molecule has 6 heteroatoms. The van der Waals surface area contributed by atoms with Gasteiger partial charge in [0.25, 0.3) is 0 Å². The lowest BCUT2D eigenvalue weighted by Crippen LogP contribution is -2.30. The summed E-state index contributed by atoms with van der Waals surface area (Å²) in [5, 5.41) is 0. The molecule has 0 spiro atoms. The van der Waals surface area contributed by atoms with E-state index in [4.69, 9.17) is 9.72 Å². The molecule has 2 aromatic heterocycles. The molecule has 2 aliphatic rings. The summed E-state index contributed by atoms with van der Waals surface area (Å²) in [4.78, 5) is 24.1. The van der Waals surface area contributed by atoms with E-state index in [9.17, 15) is 4.79 Å². The fraction of sp³-hybridized carbons (Fsp3) is 0.650. The monoisotopic (exact) mass is 356 g/mol. The van der Waals surface area contributed by atoms with Gasteiger partial charge in [-0.3, -0.25) is 4.79 Å². The van der Waals surface area contributed by atoms with Crippen molar-refractivity contribution in [1.82, 2.24) is 19.4 Å². The Bertz CT molecular complexity index is 766. The zero-order valence-corrected chi connectivity index (χ0v) is 15.6. The van der Waals surface area contributed by atoms with E-state index in [2.05, 4.69) is 14.5 Å². The molecule has 26 heavy (non-hydrogen) atoms. The van der Waals surface area contributed by atoms with Gasteiger partial charge in [-0.15, -0.1) is 0 Å². The van der Waals surface area contributed by atoms with Gasteiger partial charge in [0.05, 0.1) is 6.61 Å². The Morgan fingerprint density at radius 3 is 2.96 bits per heavy atom. The van der Waals surface area contributed by atoms with Crippen LogP contribution >= 0.6 is 0 Å². The van der Waals surface area contributed by atoms with E-state index >= 15 is 0 Å². The van der Waals surface area contributed by atoms with Crippen molar-refractivity contribution in [3.8, 4) is 0 Å². The minimum absolute atomic E-state index is 0.286. The number of imidazole rings is 1. The molecule has 2 fully saturated rings. The molecule has 1 unspecified atom stereocenters. The number of methoxy groups -OCH3 is 1. The lowest BCUT2D eigenvalue weighted by atomic mass is 10.0. The van der Waals surface area contributed by atoms with Crippen LogP contribution in [0.2, 0.25) is 0 Å². The first-order chi connectivity index (χ1) is 12.8. The number of nitrogens with zero attached hydrogens (tertiary/aromatic N) is 4. The predicted octanol–water partition coefficient (Wildman–Crippen LogP) is 2.97. The number of hydrogen-bond acceptors (Lipinski definition) is 4. The molecule has 0 aromatic carbocycles. The van der Waals surface area contributed by atoms with E-state index in [1.165, 1.54) is 25.7 Å². The van der Waals surface area contributed by atoms with Crippen molar-refractivity contribution >= 4 is 17.1 Å². The van der Waals surface area contributed by atoms with Crippen LogP contribution in [-0.2, 0) is 16.1 Å². The molecule has 6 nitrogen and oxygen atoms in total. The second-order valence-electron chi connectivity index (χ2n) is 7.64. The minimum atomic E-state index is 0.286. The molecule has 1 amide bonds. The number of rotatable bonds is 6. The van der Waals surface area contributed by atoms with Crippen LogP contribution in [0, 0.1) is 5.92 Å². The van der Waals surface area contributed by atoms with Crippen LogP contribution in [0.1, 0.15) is 50.3 Å². The lowest BCUT2D eigenvalue weighted by molar-refractivity contribution is -0.131. The summed E-state index contributed by atoms with van der Waals surface area (Å²) in [6.45, 7) is 3.00. The van der Waals surface area contributed by atoms with Gasteiger partial charge in [0.15, 0.2) is 5.65 Å². The Kier molecular flexibility index (Phi) is 5.20. The third-order valence-corrected chi connectivity index (χ3v) is 5.90. The highest BCUT2D eigenvalue weighted by Gasteiger charge is 2.32. The molecule has 0 N–H and O–H groups in total. The summed E-state index contributed by atoms with van der Waals surface area (Å²) in [7, 11) is 1.71. The number of likely N-dealkylation sites (tertiary alicyclic amines) is 1. The first kappa shape index (κ1) is 17.5. The molecular formula is C20H28N4O2. The van der Waals surface area contributed by atoms with Gasteiger partial charge in [-0.1, -0.05) is 12.8 Å². The summed E-state index contributed by atoms with van der Waals surface area (Å²) < 4.78 is 7.45. The standard InChI is InChI=1S/C20H28N4O2/c1-26-12-11-24-19(22-17-7-4-9-21-20(17)24)16-8-10-23(14-16)18(25)13-15-5-2-3-6-15/h4,7,9,15-16H,2-3,5-6,8,10-14H2,1H3. The summed E-state index contributed by atoms with van der Waals surface area (Å²) in [5.74, 6) is 2.27. The van der Waals surface area contributed by atoms with Crippen LogP contribution in [0.15, 0.2) is 18.3 Å². The van der Waals surface area contributed by atoms with E-state index in [-0.39, 0.29) is 5.92 Å². The van der Waals surface area contributed by atoms with Gasteiger partial charge in [-0.05, 0) is 37.3 Å². The van der Waals surface area contributed by atoms with Crippen LogP contribution in [0.25, 0.3) is 11.2 Å². The highest BCUT2D eigenvalue weighted by atomic mass is 16.5. The topological polar surface area (TPSA) is 60.2 Å². The average Bonchev–Trinajstić information content (AvgIpc) is 3.39. The Hall–Kier alpha value is -1.95. The number of hydrogen-bond donors (Lipinski definition) is 0. The number of carbonyl (C=O) groups is 1. The zero-order chi connectivity index (χ0) is 17.9. The van der Waals surface area contributed by atoms with Crippen LogP contribution in [0.5, 0.6) is 0 Å². The maximum atomic E-state index is 12.7. The van der Waals surface area contributed by atoms with E-state index in [0.29, 0.717) is 18.4 Å². The largest absolute Gasteiger partial charge is 0.383 e. The number of amides is 1. The quantitative estimate of drug-likeness (QED) is 0.798. The Morgan fingerprint density at radius 1 is 1.31 bits per heavy atom. The van der Waals surface area contributed by atoms with E-state index in [1.807, 2.05) is 18.3 Å². The van der Waals surface area contributed by atoms with Gasteiger partial charge in [-0.2, -0.15) is 0 Å². The Morgan fingerprint density at radius 2 is 2.15 bits per heavy atom. The van der Waals surface area contributed by atoms with Crippen LogP contribution in [0.4, 0.5) is 0 Å². The summed E-state index contributed by atoms with van der Waals surface area (Å²) in [5.41, 5.74) is 1.84. The molecule has 3 heterocycles. The van der Waals surface area contributed by atoms with Gasteiger partial charge in [-0.25, -0.2) is 9.97 Å². The van der Waals surface area contributed by atoms with E-state index in [1.54, 1.807) is 7.11 Å². The first-order valence-corrected chi connectivity index (χ1v) is 9.84. The van der Waals surface area contributed by atoms with Gasteiger partial charge >= 0.3 is 0 Å². The third kappa shape index (κ3) is 3.47. The second kappa shape index (κ2) is 7.74. The maximum absolute atomic E-state index is 12.7. The SMILES string of the molecule is COCCn1c(C2CCN(C(=O)CC3CCCC3)C2)nc2cccnc21. The van der Waals surface area contributed by atoms with Crippen molar-refractivity contribution in [1.29, 1.82) is 0 Å². The molecule has 1 atom stereocenters. The van der Waals surface area contributed by atoms with Crippen molar-refractivity contribution in [3.05, 3.63) is 24.2 Å². The molecule has 1 saturated carbocycles. The molecule has 4 rings (SSSR count). The number of fused-ring (bicyclic) bond motifs is 1. The Labute approximate surface area is 154 Å². The van der Waals surface area contributed by atoms with Gasteiger partial charge in [0.1, 0.15) is 11.3 Å². The lowest BCUT2D eigenvalue weighted by Gasteiger charge is -2.19. The number of ether oxygens (including phenoxy) is 1. The molecule has 1 aliphatic carbocycles. The highest BCUT2D eigenvalue weighted by Crippen LogP contribution is 2.32. The minimum Gasteiger partial charge on any atom is -0.383 e. The molecule has 1 saturated heterocycles. The molecule has 1 aliphatic heterocycles. The summed E-state index contributed by atoms with van der Waals surface area (Å²) in [6, 6.07) is 3.93. The second-order valence-corrected chi connectivity index (χ2v) is 7.64. The van der Waals surface area contributed by atoms with E-state index in [0.717, 1.165) is 49.5 Å². The molecule has 0 radical (unpaired) electrons. The first-order valence-electron chi connectivity index (χ1n) is 9.84. The molecule has 140 valence electrons. The predicted molar refractivity (Wildman–Crippen MR) is 99.9 cm³/mol. The fourth-order valence-electron chi connectivity index (χ4n) is 4.48. The summed E-state index contributed by atoms with van der Waals surface area (Å²) in [6.07, 6.45) is 8.54. The zero-order valence-electron chi connectivity index (χ0n) is 15.6. The van der Waals surface area contributed by atoms with Gasteiger partial charge in [0, 0.05) is 45.3 Å². The Balaban J connectivity index is 1.50. The van der Waals surface area contributed by atoms with Crippen molar-refractivity contribution in [2.24, 2.45) is 5.92 Å². The van der Waals surface area contributed by atoms with Crippen LogP contribution in [0.3, 0.4) is 0 Å². The number of pyridine rings is 1. The van der Waals surface area contributed by atoms with Crippen molar-refractivity contribution in [2.45, 2.75) is 51.0 Å². The molecule has 2 aromatic rings. The van der Waals surface area contributed by atoms with Crippen LogP contribution < -0.4 is 0 Å². The fourth-order valence-corrected chi connectivity index (χ4v) is 4.48. The molecule has 0 bridgehead atoms. The number of carbonyl (C=O) groups excluding carboxylic acids is 1. The normalized spacial score (nSPS) is 21.1. The van der Waals surface area contributed by atoms with Crippen molar-refractivity contribution < 1.29 is 9.53 Å². The average molecular weight is 356 g/mol. The smallest absolute Gasteiger partial charge is 0.222 e. The third-order valence-electron chi connectivity index (χ3n) is 5.90. The molecular weight excluding hydrogens is 328 g/mol. The van der Waals surface area contributed by atoms with Crippen molar-refractivity contribution in [2.75, 3.05) is 26.8 Å². The summed E-state index contributed by atoms with van der Waals surface area (Å²) >= 11 is 0. The maximum Gasteiger partial charge on any atom is 0.222 e. The van der Waals surface area contributed by atoms with E-state index < -0.39 is 0 Å². The van der Waals surface area contributed by atoms with Crippen LogP contribution in [-0.4, -0.2) is 52.1 Å². The number of aromatic nitrogens is 3. The van der Waals surface area contributed by atoms with Crippen molar-refractivity contribution in [3.63, 3.8) is 0 Å². The highest BCUT2D eigenvalue weighted by molar-refractivity contribution is 5.77.